The highest BCUT2D eigenvalue weighted by Crippen LogP contribution is 2.34. The molecule has 2 aromatic rings. The van der Waals surface area contributed by atoms with Crippen LogP contribution >= 0.6 is 0 Å². The van der Waals surface area contributed by atoms with Gasteiger partial charge in [0.05, 0.1) is 0 Å². The van der Waals surface area contributed by atoms with Gasteiger partial charge in [-0.15, -0.1) is 6.58 Å². The van der Waals surface area contributed by atoms with Crippen LogP contribution in [0.1, 0.15) is 38.5 Å². The van der Waals surface area contributed by atoms with Crippen LogP contribution in [0.25, 0.3) is 0 Å². The minimum absolute atomic E-state index is 0.405. The Bertz CT molecular complexity index is 613. The van der Waals surface area contributed by atoms with Crippen LogP contribution in [-0.2, 0) is 4.43 Å². The van der Waals surface area contributed by atoms with Crippen molar-refractivity contribution in [3.8, 4) is 0 Å². The highest BCUT2D eigenvalue weighted by molar-refractivity contribution is 6.96. The number of unbranched alkanes of at least 4 members (excludes halogenated alkanes) is 1. The molecule has 2 aromatic carbocycles. The Balaban J connectivity index is 1.84. The number of hydrogen-bond acceptors (Lipinski definition) is 1. The van der Waals surface area contributed by atoms with Gasteiger partial charge in [0.1, 0.15) is 0 Å². The zero-order valence-corrected chi connectivity index (χ0v) is 16.4. The Morgan fingerprint density at radius 1 is 1.00 bits per heavy atom. The van der Waals surface area contributed by atoms with Crippen LogP contribution in [0.15, 0.2) is 73.3 Å². The van der Waals surface area contributed by atoms with Gasteiger partial charge in [-0.2, -0.15) is 0 Å². The number of benzene rings is 2. The zero-order chi connectivity index (χ0) is 17.5. The molecule has 25 heavy (non-hydrogen) atoms. The normalized spacial score (nSPS) is 20.5. The molecule has 0 aromatic heterocycles. The standard InChI is InChI=1S/C23H30OSi/c1-3-4-7-13-20-14-12-19-23(20)24-25(2,21-15-8-5-9-16-21)22-17-10-6-11-18-22/h3,5-6,8-11,15-18,20,23H,1,4,7,12-14,19H2,2H3/t20-,23+/m0/s1. The van der Waals surface area contributed by atoms with Gasteiger partial charge in [-0.1, -0.05) is 73.2 Å². The monoisotopic (exact) mass is 350 g/mol. The van der Waals surface area contributed by atoms with Crippen molar-refractivity contribution in [2.24, 2.45) is 5.92 Å². The van der Waals surface area contributed by atoms with E-state index in [1.807, 2.05) is 6.08 Å². The molecule has 1 nitrogen and oxygen atoms in total. The molecular weight excluding hydrogens is 320 g/mol. The van der Waals surface area contributed by atoms with Crippen molar-refractivity contribution in [3.63, 3.8) is 0 Å². The predicted octanol–water partition coefficient (Wildman–Crippen LogP) is 4.92. The summed E-state index contributed by atoms with van der Waals surface area (Å²) >= 11 is 0. The highest BCUT2D eigenvalue weighted by atomic mass is 28.4. The van der Waals surface area contributed by atoms with Crippen molar-refractivity contribution < 1.29 is 4.43 Å². The van der Waals surface area contributed by atoms with Gasteiger partial charge < -0.3 is 4.43 Å². The molecule has 0 unspecified atom stereocenters. The lowest BCUT2D eigenvalue weighted by molar-refractivity contribution is 0.149. The maximum atomic E-state index is 7.03. The Morgan fingerprint density at radius 2 is 1.60 bits per heavy atom. The van der Waals surface area contributed by atoms with Gasteiger partial charge >= 0.3 is 0 Å². The van der Waals surface area contributed by atoms with Crippen LogP contribution in [0.4, 0.5) is 0 Å². The lowest BCUT2D eigenvalue weighted by Gasteiger charge is -2.34. The van der Waals surface area contributed by atoms with E-state index in [9.17, 15) is 0 Å². The first kappa shape index (κ1) is 18.2. The average molecular weight is 351 g/mol. The number of rotatable bonds is 8. The fourth-order valence-corrected chi connectivity index (χ4v) is 7.31. The van der Waals surface area contributed by atoms with E-state index in [0.717, 1.165) is 6.42 Å². The van der Waals surface area contributed by atoms with Crippen molar-refractivity contribution in [2.45, 2.75) is 51.2 Å². The van der Waals surface area contributed by atoms with Gasteiger partial charge in [0.2, 0.25) is 0 Å². The second-order valence-corrected chi connectivity index (χ2v) is 10.8. The molecule has 0 amide bonds. The molecule has 0 saturated heterocycles. The van der Waals surface area contributed by atoms with Gasteiger partial charge in [-0.25, -0.2) is 0 Å². The van der Waals surface area contributed by atoms with Gasteiger partial charge in [0.25, 0.3) is 8.32 Å². The first-order valence-corrected chi connectivity index (χ1v) is 12.0. The smallest absolute Gasteiger partial charge is 0.253 e. The van der Waals surface area contributed by atoms with Gasteiger partial charge in [-0.05, 0) is 54.9 Å². The summed E-state index contributed by atoms with van der Waals surface area (Å²) in [5.41, 5.74) is 0. The van der Waals surface area contributed by atoms with Crippen molar-refractivity contribution >= 4 is 18.7 Å². The van der Waals surface area contributed by atoms with Crippen molar-refractivity contribution in [3.05, 3.63) is 73.3 Å². The van der Waals surface area contributed by atoms with Crippen LogP contribution in [-0.4, -0.2) is 14.4 Å². The molecule has 1 saturated carbocycles. The summed E-state index contributed by atoms with van der Waals surface area (Å²) in [6.45, 7) is 6.23. The molecule has 132 valence electrons. The second-order valence-electron chi connectivity index (χ2n) is 7.33. The number of allylic oxidation sites excluding steroid dienone is 1. The van der Waals surface area contributed by atoms with Crippen LogP contribution in [0.5, 0.6) is 0 Å². The molecule has 0 N–H and O–H groups in total. The SMILES string of the molecule is C=CCCC[C@H]1CCC[C@H]1O[Si](C)(c1ccccc1)c1ccccc1. The average Bonchev–Trinajstić information content (AvgIpc) is 3.10. The largest absolute Gasteiger partial charge is 0.405 e. The summed E-state index contributed by atoms with van der Waals surface area (Å²) < 4.78 is 7.03. The van der Waals surface area contributed by atoms with Crippen LogP contribution in [0.3, 0.4) is 0 Å². The van der Waals surface area contributed by atoms with E-state index in [1.54, 1.807) is 0 Å². The molecule has 0 spiro atoms. The van der Waals surface area contributed by atoms with E-state index >= 15 is 0 Å². The molecule has 1 aliphatic rings. The van der Waals surface area contributed by atoms with Crippen molar-refractivity contribution in [1.29, 1.82) is 0 Å². The summed E-state index contributed by atoms with van der Waals surface area (Å²) in [7, 11) is -2.18. The molecular formula is C23H30OSi. The first-order valence-electron chi connectivity index (χ1n) is 9.64. The van der Waals surface area contributed by atoms with Gasteiger partial charge in [0, 0.05) is 6.10 Å². The quantitative estimate of drug-likeness (QED) is 0.373. The molecule has 1 aliphatic carbocycles. The second kappa shape index (κ2) is 8.64. The summed E-state index contributed by atoms with van der Waals surface area (Å²) in [6, 6.07) is 21.8. The first-order chi connectivity index (χ1) is 12.2. The molecule has 0 radical (unpaired) electrons. The Hall–Kier alpha value is -1.64. The molecule has 0 heterocycles. The highest BCUT2D eigenvalue weighted by Gasteiger charge is 2.39. The lowest BCUT2D eigenvalue weighted by atomic mass is 9.99. The van der Waals surface area contributed by atoms with Crippen LogP contribution < -0.4 is 10.4 Å². The van der Waals surface area contributed by atoms with E-state index in [0.29, 0.717) is 12.0 Å². The van der Waals surface area contributed by atoms with Crippen molar-refractivity contribution in [1.82, 2.24) is 0 Å². The van der Waals surface area contributed by atoms with Gasteiger partial charge in [-0.3, -0.25) is 0 Å². The topological polar surface area (TPSA) is 9.23 Å². The van der Waals surface area contributed by atoms with Gasteiger partial charge in [0.15, 0.2) is 0 Å². The Kier molecular flexibility index (Phi) is 6.27. The molecule has 2 heteroatoms. The van der Waals surface area contributed by atoms with E-state index in [4.69, 9.17) is 4.43 Å². The molecule has 0 bridgehead atoms. The van der Waals surface area contributed by atoms with Crippen LogP contribution in [0.2, 0.25) is 6.55 Å². The van der Waals surface area contributed by atoms with E-state index in [1.165, 1.54) is 42.5 Å². The summed E-state index contributed by atoms with van der Waals surface area (Å²) in [4.78, 5) is 0. The third-order valence-corrected chi connectivity index (χ3v) is 9.25. The predicted molar refractivity (Wildman–Crippen MR) is 110 cm³/mol. The fraction of sp³-hybridized carbons (Fsp3) is 0.391. The van der Waals surface area contributed by atoms with Crippen LogP contribution in [0, 0.1) is 5.92 Å². The molecule has 3 rings (SSSR count). The minimum atomic E-state index is -2.18. The summed E-state index contributed by atoms with van der Waals surface area (Å²) in [6.07, 6.45) is 9.90. The lowest BCUT2D eigenvalue weighted by Crippen LogP contribution is -2.60. The third kappa shape index (κ3) is 4.31. The van der Waals surface area contributed by atoms with E-state index in [-0.39, 0.29) is 0 Å². The number of hydrogen-bond donors (Lipinski definition) is 0. The van der Waals surface area contributed by atoms with Crippen molar-refractivity contribution in [2.75, 3.05) is 0 Å². The third-order valence-electron chi connectivity index (χ3n) is 5.61. The molecule has 1 fully saturated rings. The summed E-state index contributed by atoms with van der Waals surface area (Å²) in [5.74, 6) is 0.708. The van der Waals surface area contributed by atoms with E-state index < -0.39 is 8.32 Å². The maximum absolute atomic E-state index is 7.03. The summed E-state index contributed by atoms with van der Waals surface area (Å²) in [5, 5.41) is 2.75. The Labute approximate surface area is 153 Å². The van der Waals surface area contributed by atoms with E-state index in [2.05, 4.69) is 73.8 Å². The molecule has 0 aliphatic heterocycles. The fourth-order valence-electron chi connectivity index (χ4n) is 4.13. The Morgan fingerprint density at radius 3 is 2.16 bits per heavy atom. The minimum Gasteiger partial charge on any atom is -0.405 e. The zero-order valence-electron chi connectivity index (χ0n) is 15.4. The molecule has 2 atom stereocenters. The maximum Gasteiger partial charge on any atom is 0.253 e.